The number of halogens is 2. The third-order valence-electron chi connectivity index (χ3n) is 3.95. The highest BCUT2D eigenvalue weighted by molar-refractivity contribution is 6.30. The molecule has 0 amide bonds. The van der Waals surface area contributed by atoms with E-state index in [-0.39, 0.29) is 5.82 Å². The smallest absolute Gasteiger partial charge is 0.123 e. The van der Waals surface area contributed by atoms with E-state index >= 15 is 0 Å². The quantitative estimate of drug-likeness (QED) is 0.825. The topological polar surface area (TPSA) is 12.0 Å². The lowest BCUT2D eigenvalue weighted by Crippen LogP contribution is -2.24. The van der Waals surface area contributed by atoms with Crippen molar-refractivity contribution in [3.05, 3.63) is 70.5 Å². The minimum atomic E-state index is -0.186. The highest BCUT2D eigenvalue weighted by atomic mass is 35.5. The Balaban J connectivity index is 1.75. The first kappa shape index (κ1) is 14.6. The third-order valence-corrected chi connectivity index (χ3v) is 4.18. The Morgan fingerprint density at radius 1 is 1.14 bits per heavy atom. The molecule has 1 N–H and O–H groups in total. The zero-order valence-electron chi connectivity index (χ0n) is 11.9. The summed E-state index contributed by atoms with van der Waals surface area (Å²) in [4.78, 5) is 0. The molecule has 3 heteroatoms. The van der Waals surface area contributed by atoms with Crippen LogP contribution in [0.25, 0.3) is 0 Å². The van der Waals surface area contributed by atoms with Gasteiger partial charge < -0.3 is 5.32 Å². The van der Waals surface area contributed by atoms with E-state index in [9.17, 15) is 4.39 Å². The number of hydrogen-bond acceptors (Lipinski definition) is 1. The van der Waals surface area contributed by atoms with Gasteiger partial charge in [-0.3, -0.25) is 0 Å². The molecule has 1 saturated carbocycles. The molecule has 0 radical (unpaired) electrons. The number of rotatable bonds is 6. The van der Waals surface area contributed by atoms with Crippen molar-refractivity contribution in [2.24, 2.45) is 0 Å². The van der Waals surface area contributed by atoms with Crippen LogP contribution in [-0.2, 0) is 6.42 Å². The van der Waals surface area contributed by atoms with Crippen molar-refractivity contribution < 1.29 is 4.39 Å². The van der Waals surface area contributed by atoms with E-state index in [1.54, 1.807) is 0 Å². The zero-order chi connectivity index (χ0) is 14.7. The third kappa shape index (κ3) is 4.29. The van der Waals surface area contributed by atoms with Crippen LogP contribution in [0.5, 0.6) is 0 Å². The summed E-state index contributed by atoms with van der Waals surface area (Å²) in [6.45, 7) is 0.933. The van der Waals surface area contributed by atoms with Gasteiger partial charge in [0.2, 0.25) is 0 Å². The van der Waals surface area contributed by atoms with Crippen LogP contribution in [0.3, 0.4) is 0 Å². The van der Waals surface area contributed by atoms with E-state index in [4.69, 9.17) is 11.6 Å². The first-order valence-electron chi connectivity index (χ1n) is 7.44. The molecular formula is C18H19ClFN. The fraction of sp³-hybridized carbons (Fsp3) is 0.333. The minimum absolute atomic E-state index is 0.186. The second-order valence-corrected chi connectivity index (χ2v) is 6.20. The highest BCUT2D eigenvalue weighted by Crippen LogP contribution is 2.25. The molecule has 1 nitrogen and oxygen atoms in total. The van der Waals surface area contributed by atoms with Crippen LogP contribution in [0.2, 0.25) is 5.02 Å². The standard InChI is InChI=1S/C18H19ClFN/c19-16-3-1-2-14(11-16)15(12-21-18-8-9-18)10-13-4-6-17(20)7-5-13/h1-7,11,15,18,21H,8-10,12H2. The molecule has 1 aliphatic rings. The van der Waals surface area contributed by atoms with Crippen molar-refractivity contribution in [1.82, 2.24) is 5.32 Å². The van der Waals surface area contributed by atoms with E-state index in [1.807, 2.05) is 30.3 Å². The molecule has 110 valence electrons. The van der Waals surface area contributed by atoms with Gasteiger partial charge in [0.15, 0.2) is 0 Å². The lowest BCUT2D eigenvalue weighted by molar-refractivity contribution is 0.576. The molecule has 1 aliphatic carbocycles. The van der Waals surface area contributed by atoms with Gasteiger partial charge in [-0.1, -0.05) is 35.9 Å². The van der Waals surface area contributed by atoms with E-state index in [0.29, 0.717) is 12.0 Å². The van der Waals surface area contributed by atoms with Crippen molar-refractivity contribution in [2.45, 2.75) is 31.2 Å². The number of hydrogen-bond donors (Lipinski definition) is 1. The van der Waals surface area contributed by atoms with Crippen LogP contribution < -0.4 is 5.32 Å². The maximum absolute atomic E-state index is 13.0. The summed E-state index contributed by atoms with van der Waals surface area (Å²) in [6.07, 6.45) is 3.44. The predicted molar refractivity (Wildman–Crippen MR) is 85.3 cm³/mol. The van der Waals surface area contributed by atoms with Crippen LogP contribution in [-0.4, -0.2) is 12.6 Å². The summed E-state index contributed by atoms with van der Waals surface area (Å²) in [5.41, 5.74) is 2.39. The SMILES string of the molecule is Fc1ccc(CC(CNC2CC2)c2cccc(Cl)c2)cc1. The molecular weight excluding hydrogens is 285 g/mol. The maximum atomic E-state index is 13.0. The minimum Gasteiger partial charge on any atom is -0.313 e. The van der Waals surface area contributed by atoms with E-state index in [1.165, 1.54) is 30.5 Å². The number of benzene rings is 2. The van der Waals surface area contributed by atoms with Crippen LogP contribution in [0.4, 0.5) is 4.39 Å². The van der Waals surface area contributed by atoms with Gasteiger partial charge in [-0.2, -0.15) is 0 Å². The van der Waals surface area contributed by atoms with Gasteiger partial charge >= 0.3 is 0 Å². The highest BCUT2D eigenvalue weighted by Gasteiger charge is 2.22. The molecule has 3 rings (SSSR count). The van der Waals surface area contributed by atoms with E-state index in [2.05, 4.69) is 11.4 Å². The molecule has 1 unspecified atom stereocenters. The summed E-state index contributed by atoms with van der Waals surface area (Å²) in [6, 6.07) is 15.5. The van der Waals surface area contributed by atoms with Crippen molar-refractivity contribution in [3.63, 3.8) is 0 Å². The monoisotopic (exact) mass is 303 g/mol. The molecule has 0 heterocycles. The van der Waals surface area contributed by atoms with Crippen molar-refractivity contribution in [2.75, 3.05) is 6.54 Å². The van der Waals surface area contributed by atoms with Gasteiger partial charge in [0.05, 0.1) is 0 Å². The van der Waals surface area contributed by atoms with Gasteiger partial charge in [0, 0.05) is 23.5 Å². The molecule has 2 aromatic rings. The lowest BCUT2D eigenvalue weighted by Gasteiger charge is -2.19. The van der Waals surface area contributed by atoms with Crippen LogP contribution in [0.15, 0.2) is 48.5 Å². The van der Waals surface area contributed by atoms with Crippen molar-refractivity contribution in [1.29, 1.82) is 0 Å². The molecule has 0 spiro atoms. The average Bonchev–Trinajstić information content (AvgIpc) is 3.30. The van der Waals surface area contributed by atoms with Gasteiger partial charge in [-0.15, -0.1) is 0 Å². The fourth-order valence-electron chi connectivity index (χ4n) is 2.57. The zero-order valence-corrected chi connectivity index (χ0v) is 12.6. The first-order valence-corrected chi connectivity index (χ1v) is 7.82. The predicted octanol–water partition coefficient (Wildman–Crippen LogP) is 4.56. The Morgan fingerprint density at radius 3 is 2.57 bits per heavy atom. The fourth-order valence-corrected chi connectivity index (χ4v) is 2.77. The molecule has 21 heavy (non-hydrogen) atoms. The Bertz CT molecular complexity index is 592. The summed E-state index contributed by atoms with van der Waals surface area (Å²) < 4.78 is 13.0. The first-order chi connectivity index (χ1) is 10.2. The van der Waals surface area contributed by atoms with Gasteiger partial charge in [0.1, 0.15) is 5.82 Å². The average molecular weight is 304 g/mol. The van der Waals surface area contributed by atoms with E-state index in [0.717, 1.165) is 23.6 Å². The molecule has 0 aliphatic heterocycles. The molecule has 1 fully saturated rings. The van der Waals surface area contributed by atoms with Gasteiger partial charge in [-0.05, 0) is 54.7 Å². The Labute approximate surface area is 130 Å². The molecule has 0 bridgehead atoms. The Kier molecular flexibility index (Phi) is 4.57. The summed E-state index contributed by atoms with van der Waals surface area (Å²) in [5.74, 6) is 0.170. The second kappa shape index (κ2) is 6.59. The Morgan fingerprint density at radius 2 is 1.90 bits per heavy atom. The molecule has 0 aromatic heterocycles. The maximum Gasteiger partial charge on any atom is 0.123 e. The van der Waals surface area contributed by atoms with Gasteiger partial charge in [-0.25, -0.2) is 4.39 Å². The molecule has 2 aromatic carbocycles. The normalized spacial score (nSPS) is 15.9. The molecule has 0 saturated heterocycles. The van der Waals surface area contributed by atoms with Crippen LogP contribution >= 0.6 is 11.6 Å². The summed E-state index contributed by atoms with van der Waals surface area (Å²) in [7, 11) is 0. The van der Waals surface area contributed by atoms with E-state index < -0.39 is 0 Å². The van der Waals surface area contributed by atoms with Gasteiger partial charge in [0.25, 0.3) is 0 Å². The second-order valence-electron chi connectivity index (χ2n) is 5.77. The summed E-state index contributed by atoms with van der Waals surface area (Å²) in [5, 5.41) is 4.36. The van der Waals surface area contributed by atoms with Crippen molar-refractivity contribution in [3.8, 4) is 0 Å². The number of nitrogens with one attached hydrogen (secondary N) is 1. The lowest BCUT2D eigenvalue weighted by atomic mass is 9.92. The van der Waals surface area contributed by atoms with Crippen LogP contribution in [0.1, 0.15) is 29.9 Å². The Hall–Kier alpha value is -1.38. The van der Waals surface area contributed by atoms with Crippen LogP contribution in [0, 0.1) is 5.82 Å². The molecule has 1 atom stereocenters. The largest absolute Gasteiger partial charge is 0.313 e. The summed E-state index contributed by atoms with van der Waals surface area (Å²) >= 11 is 6.12. The van der Waals surface area contributed by atoms with Crippen molar-refractivity contribution >= 4 is 11.6 Å².